The molecule has 1 atom stereocenters. The maximum absolute atomic E-state index is 12.3. The van der Waals surface area contributed by atoms with Crippen LogP contribution in [0, 0.1) is 13.8 Å². The Morgan fingerprint density at radius 1 is 1.43 bits per heavy atom. The van der Waals surface area contributed by atoms with Crippen LogP contribution in [0.2, 0.25) is 0 Å². The number of likely N-dealkylation sites (tertiary alicyclic amines) is 1. The lowest BCUT2D eigenvalue weighted by atomic mass is 10.0. The Hall–Kier alpha value is -0.470. The number of hydrogen-bond donors (Lipinski definition) is 2. The minimum Gasteiger partial charge on any atom is -0.395 e. The maximum atomic E-state index is 12.3. The maximum Gasteiger partial charge on any atom is 0.241 e. The zero-order valence-corrected chi connectivity index (χ0v) is 14.3. The van der Waals surface area contributed by atoms with Gasteiger partial charge in [-0.2, -0.15) is 0 Å². The van der Waals surface area contributed by atoms with Crippen LogP contribution in [0.4, 0.5) is 0 Å². The number of aliphatic hydroxyl groups is 1. The van der Waals surface area contributed by atoms with Crippen LogP contribution in [-0.4, -0.2) is 50.7 Å². The van der Waals surface area contributed by atoms with Crippen LogP contribution in [-0.2, 0) is 10.0 Å². The van der Waals surface area contributed by atoms with Gasteiger partial charge in [0, 0.05) is 28.9 Å². The molecule has 0 amide bonds. The first kappa shape index (κ1) is 16.9. The molecule has 1 aliphatic heterocycles. The predicted molar refractivity (Wildman–Crippen MR) is 85.3 cm³/mol. The molecule has 1 saturated heterocycles. The highest BCUT2D eigenvalue weighted by molar-refractivity contribution is 7.89. The molecule has 2 heterocycles. The van der Waals surface area contributed by atoms with Gasteiger partial charge in [-0.25, -0.2) is 13.1 Å². The molecule has 0 aliphatic carbocycles. The molecule has 21 heavy (non-hydrogen) atoms. The molecule has 1 aliphatic rings. The van der Waals surface area contributed by atoms with Gasteiger partial charge in [0.05, 0.1) is 11.5 Å². The number of sulfonamides is 1. The predicted octanol–water partition coefficient (Wildman–Crippen LogP) is 1.49. The number of hydrogen-bond acceptors (Lipinski definition) is 5. The van der Waals surface area contributed by atoms with E-state index in [0.29, 0.717) is 18.0 Å². The highest BCUT2D eigenvalue weighted by Gasteiger charge is 2.23. The number of rotatable bonds is 6. The van der Waals surface area contributed by atoms with E-state index in [1.165, 1.54) is 11.3 Å². The summed E-state index contributed by atoms with van der Waals surface area (Å²) in [5.74, 6) is 0. The number of aliphatic hydroxyl groups excluding tert-OH is 1. The zero-order valence-electron chi connectivity index (χ0n) is 12.6. The van der Waals surface area contributed by atoms with Crippen LogP contribution in [0.25, 0.3) is 0 Å². The molecule has 2 rings (SSSR count). The van der Waals surface area contributed by atoms with Crippen molar-refractivity contribution in [2.45, 2.75) is 44.0 Å². The van der Waals surface area contributed by atoms with Gasteiger partial charge in [-0.3, -0.25) is 4.90 Å². The number of nitrogens with one attached hydrogen (secondary N) is 1. The topological polar surface area (TPSA) is 69.6 Å². The molecular weight excluding hydrogens is 308 g/mol. The average molecular weight is 332 g/mol. The van der Waals surface area contributed by atoms with Crippen molar-refractivity contribution in [3.8, 4) is 0 Å². The van der Waals surface area contributed by atoms with Crippen molar-refractivity contribution < 1.29 is 13.5 Å². The Kier molecular flexibility index (Phi) is 5.79. The molecule has 1 unspecified atom stereocenters. The third-order valence-electron chi connectivity index (χ3n) is 3.94. The minimum atomic E-state index is -3.42. The van der Waals surface area contributed by atoms with Crippen molar-refractivity contribution in [1.82, 2.24) is 9.62 Å². The summed E-state index contributed by atoms with van der Waals surface area (Å²) in [6.07, 6.45) is 3.25. The first-order chi connectivity index (χ1) is 9.94. The Morgan fingerprint density at radius 3 is 2.81 bits per heavy atom. The van der Waals surface area contributed by atoms with Crippen molar-refractivity contribution in [3.05, 3.63) is 15.8 Å². The molecule has 2 N–H and O–H groups in total. The molecule has 7 heteroatoms. The Bertz CT molecular complexity index is 569. The number of nitrogens with zero attached hydrogens (tertiary/aromatic N) is 1. The van der Waals surface area contributed by atoms with E-state index in [0.717, 1.165) is 35.6 Å². The van der Waals surface area contributed by atoms with Gasteiger partial charge in [-0.15, -0.1) is 11.3 Å². The minimum absolute atomic E-state index is 0.148. The van der Waals surface area contributed by atoms with E-state index in [1.807, 2.05) is 13.8 Å². The average Bonchev–Trinajstić information content (AvgIpc) is 2.79. The number of thiophene rings is 1. The van der Waals surface area contributed by atoms with Crippen LogP contribution in [0.3, 0.4) is 0 Å². The van der Waals surface area contributed by atoms with E-state index in [9.17, 15) is 13.5 Å². The fourth-order valence-corrected chi connectivity index (χ4v) is 5.41. The second-order valence-electron chi connectivity index (χ2n) is 5.54. The van der Waals surface area contributed by atoms with Crippen LogP contribution in [0.1, 0.15) is 29.0 Å². The van der Waals surface area contributed by atoms with E-state index in [1.54, 1.807) is 6.07 Å². The van der Waals surface area contributed by atoms with Gasteiger partial charge in [0.25, 0.3) is 0 Å². The largest absolute Gasteiger partial charge is 0.395 e. The molecule has 0 bridgehead atoms. The molecule has 120 valence electrons. The highest BCUT2D eigenvalue weighted by atomic mass is 32.2. The van der Waals surface area contributed by atoms with Crippen LogP contribution in [0.5, 0.6) is 0 Å². The number of aryl methyl sites for hydroxylation is 2. The van der Waals surface area contributed by atoms with E-state index in [-0.39, 0.29) is 12.6 Å². The summed E-state index contributed by atoms with van der Waals surface area (Å²) >= 11 is 1.50. The molecule has 1 aromatic rings. The summed E-state index contributed by atoms with van der Waals surface area (Å²) in [6.45, 7) is 5.85. The zero-order chi connectivity index (χ0) is 15.5. The monoisotopic (exact) mass is 332 g/mol. The van der Waals surface area contributed by atoms with Gasteiger partial charge in [0.1, 0.15) is 0 Å². The van der Waals surface area contributed by atoms with Gasteiger partial charge in [0.2, 0.25) is 10.0 Å². The fraction of sp³-hybridized carbons (Fsp3) is 0.714. The normalized spacial score (nSPS) is 20.8. The van der Waals surface area contributed by atoms with E-state index in [2.05, 4.69) is 9.62 Å². The van der Waals surface area contributed by atoms with Gasteiger partial charge >= 0.3 is 0 Å². The van der Waals surface area contributed by atoms with Crippen LogP contribution in [0.15, 0.2) is 11.0 Å². The Morgan fingerprint density at radius 2 is 2.19 bits per heavy atom. The van der Waals surface area contributed by atoms with Crippen molar-refractivity contribution in [3.63, 3.8) is 0 Å². The standard InChI is InChI=1S/C14H24N2O3S2/c1-11-9-14(12(2)20-11)21(18,19)15-6-8-16-7-4-3-5-13(16)10-17/h9,13,15,17H,3-8,10H2,1-2H3. The van der Waals surface area contributed by atoms with Gasteiger partial charge in [0.15, 0.2) is 0 Å². The summed E-state index contributed by atoms with van der Waals surface area (Å²) in [4.78, 5) is 4.40. The molecule has 0 aromatic carbocycles. The quantitative estimate of drug-likeness (QED) is 0.828. The lowest BCUT2D eigenvalue weighted by Gasteiger charge is -2.34. The Labute approximate surface area is 131 Å². The van der Waals surface area contributed by atoms with Gasteiger partial charge in [-0.05, 0) is 39.3 Å². The molecular formula is C14H24N2O3S2. The Balaban J connectivity index is 1.91. The van der Waals surface area contributed by atoms with Crippen molar-refractivity contribution in [2.24, 2.45) is 0 Å². The summed E-state index contributed by atoms with van der Waals surface area (Å²) in [7, 11) is -3.42. The van der Waals surface area contributed by atoms with Gasteiger partial charge in [-0.1, -0.05) is 6.42 Å². The molecule has 0 radical (unpaired) electrons. The van der Waals surface area contributed by atoms with Crippen LogP contribution < -0.4 is 4.72 Å². The second kappa shape index (κ2) is 7.19. The first-order valence-corrected chi connectivity index (χ1v) is 9.65. The van der Waals surface area contributed by atoms with Crippen LogP contribution >= 0.6 is 11.3 Å². The summed E-state index contributed by atoms with van der Waals surface area (Å²) in [6, 6.07) is 1.90. The summed E-state index contributed by atoms with van der Waals surface area (Å²) in [5.41, 5.74) is 0. The number of piperidine rings is 1. The molecule has 5 nitrogen and oxygen atoms in total. The highest BCUT2D eigenvalue weighted by Crippen LogP contribution is 2.24. The third kappa shape index (κ3) is 4.26. The van der Waals surface area contributed by atoms with Crippen molar-refractivity contribution in [2.75, 3.05) is 26.2 Å². The lowest BCUT2D eigenvalue weighted by Crippen LogP contribution is -2.45. The summed E-state index contributed by atoms with van der Waals surface area (Å²) < 4.78 is 27.3. The fourth-order valence-electron chi connectivity index (χ4n) is 2.84. The van der Waals surface area contributed by atoms with Crippen molar-refractivity contribution >= 4 is 21.4 Å². The summed E-state index contributed by atoms with van der Waals surface area (Å²) in [5, 5.41) is 9.36. The van der Waals surface area contributed by atoms with E-state index < -0.39 is 10.0 Å². The van der Waals surface area contributed by atoms with Crippen molar-refractivity contribution in [1.29, 1.82) is 0 Å². The smallest absolute Gasteiger partial charge is 0.241 e. The molecule has 0 spiro atoms. The van der Waals surface area contributed by atoms with Gasteiger partial charge < -0.3 is 5.11 Å². The molecule has 1 aromatic heterocycles. The second-order valence-corrected chi connectivity index (χ2v) is 8.74. The van der Waals surface area contributed by atoms with E-state index >= 15 is 0 Å². The third-order valence-corrected chi connectivity index (χ3v) is 6.62. The van der Waals surface area contributed by atoms with E-state index in [4.69, 9.17) is 0 Å². The molecule has 1 fully saturated rings. The first-order valence-electron chi connectivity index (χ1n) is 7.35. The lowest BCUT2D eigenvalue weighted by molar-refractivity contribution is 0.0923. The molecule has 0 saturated carbocycles. The SMILES string of the molecule is Cc1cc(S(=O)(=O)NCCN2CCCCC2CO)c(C)s1.